The van der Waals surface area contributed by atoms with Crippen molar-refractivity contribution in [2.24, 2.45) is 10.9 Å². The number of fused-ring (bicyclic) bond motifs is 1. The number of ether oxygens (including phenoxy) is 1. The Morgan fingerprint density at radius 3 is 2.77 bits per heavy atom. The van der Waals surface area contributed by atoms with Crippen molar-refractivity contribution >= 4 is 46.8 Å². The van der Waals surface area contributed by atoms with Crippen molar-refractivity contribution in [2.45, 2.75) is 26.8 Å². The van der Waals surface area contributed by atoms with Crippen molar-refractivity contribution in [1.29, 1.82) is 0 Å². The van der Waals surface area contributed by atoms with Crippen LogP contribution >= 0.6 is 24.0 Å². The van der Waals surface area contributed by atoms with Gasteiger partial charge in [-0.3, -0.25) is 9.79 Å². The molecule has 1 aromatic heterocycles. The molecule has 144 valence electrons. The van der Waals surface area contributed by atoms with Gasteiger partial charge in [-0.15, -0.1) is 24.0 Å². The molecule has 1 atom stereocenters. The quantitative estimate of drug-likeness (QED) is 0.204. The number of esters is 1. The van der Waals surface area contributed by atoms with E-state index in [1.165, 1.54) is 18.0 Å². The molecule has 1 unspecified atom stereocenters. The third kappa shape index (κ3) is 6.51. The summed E-state index contributed by atoms with van der Waals surface area (Å²) in [4.78, 5) is 15.9. The Bertz CT molecular complexity index is 714. The van der Waals surface area contributed by atoms with Crippen LogP contribution in [0.15, 0.2) is 41.5 Å². The first kappa shape index (κ1) is 22.3. The summed E-state index contributed by atoms with van der Waals surface area (Å²) in [7, 11) is 1.40. The van der Waals surface area contributed by atoms with Gasteiger partial charge in [-0.1, -0.05) is 25.1 Å². The highest BCUT2D eigenvalue weighted by Crippen LogP contribution is 2.15. The third-order valence-electron chi connectivity index (χ3n) is 4.02. The van der Waals surface area contributed by atoms with E-state index in [0.717, 1.165) is 32.0 Å². The van der Waals surface area contributed by atoms with E-state index in [9.17, 15) is 4.79 Å². The maximum Gasteiger partial charge on any atom is 0.310 e. The maximum absolute atomic E-state index is 11.4. The number of hydrogen-bond donors (Lipinski definition) is 2. The number of para-hydroxylation sites is 1. The average molecular weight is 472 g/mol. The second kappa shape index (κ2) is 11.8. The Morgan fingerprint density at radius 2 is 2.04 bits per heavy atom. The van der Waals surface area contributed by atoms with Crippen molar-refractivity contribution in [3.05, 3.63) is 36.5 Å². The molecule has 0 aliphatic carbocycles. The highest BCUT2D eigenvalue weighted by atomic mass is 127. The predicted molar refractivity (Wildman–Crippen MR) is 117 cm³/mol. The number of nitrogens with zero attached hydrogens (tertiary/aromatic N) is 2. The summed E-state index contributed by atoms with van der Waals surface area (Å²) < 4.78 is 6.99. The van der Waals surface area contributed by atoms with Gasteiger partial charge in [0.25, 0.3) is 0 Å². The zero-order valence-electron chi connectivity index (χ0n) is 15.7. The van der Waals surface area contributed by atoms with E-state index in [0.29, 0.717) is 6.54 Å². The molecule has 0 fully saturated rings. The second-order valence-electron chi connectivity index (χ2n) is 5.99. The Hall–Kier alpha value is -1.77. The summed E-state index contributed by atoms with van der Waals surface area (Å²) in [5.74, 6) is 0.251. The van der Waals surface area contributed by atoms with Gasteiger partial charge < -0.3 is 19.9 Å². The SMILES string of the molecule is CCNC(=NCC(C)C(=O)OC)NCCCn1ccc2ccccc21.I. The second-order valence-corrected chi connectivity index (χ2v) is 5.99. The minimum absolute atomic E-state index is 0. The highest BCUT2D eigenvalue weighted by Gasteiger charge is 2.12. The molecule has 2 aromatic rings. The number of methoxy groups -OCH3 is 1. The van der Waals surface area contributed by atoms with Crippen LogP contribution < -0.4 is 10.6 Å². The molecule has 0 saturated carbocycles. The van der Waals surface area contributed by atoms with Gasteiger partial charge >= 0.3 is 5.97 Å². The van der Waals surface area contributed by atoms with Gasteiger partial charge in [0.05, 0.1) is 19.6 Å². The van der Waals surface area contributed by atoms with Crippen LogP contribution in [-0.2, 0) is 16.1 Å². The average Bonchev–Trinajstić information content (AvgIpc) is 3.05. The first-order chi connectivity index (χ1) is 12.2. The molecule has 0 bridgehead atoms. The van der Waals surface area contributed by atoms with E-state index >= 15 is 0 Å². The normalized spacial score (nSPS) is 12.3. The topological polar surface area (TPSA) is 67.7 Å². The lowest BCUT2D eigenvalue weighted by Crippen LogP contribution is -2.38. The number of carbonyl (C=O) groups excluding carboxylic acids is 1. The van der Waals surface area contributed by atoms with Gasteiger partial charge in [-0.2, -0.15) is 0 Å². The number of rotatable bonds is 8. The summed E-state index contributed by atoms with van der Waals surface area (Å²) in [5.41, 5.74) is 1.26. The monoisotopic (exact) mass is 472 g/mol. The molecule has 0 spiro atoms. The van der Waals surface area contributed by atoms with Crippen LogP contribution in [0.2, 0.25) is 0 Å². The maximum atomic E-state index is 11.4. The summed E-state index contributed by atoms with van der Waals surface area (Å²) in [6, 6.07) is 10.5. The molecule has 0 saturated heterocycles. The molecule has 1 aromatic carbocycles. The van der Waals surface area contributed by atoms with Gasteiger partial charge in [0.2, 0.25) is 0 Å². The minimum atomic E-state index is -0.244. The van der Waals surface area contributed by atoms with Gasteiger partial charge in [0.1, 0.15) is 0 Å². The van der Waals surface area contributed by atoms with Crippen LogP contribution in [0.1, 0.15) is 20.3 Å². The molecular weight excluding hydrogens is 443 g/mol. The van der Waals surface area contributed by atoms with Gasteiger partial charge in [0.15, 0.2) is 5.96 Å². The molecule has 26 heavy (non-hydrogen) atoms. The lowest BCUT2D eigenvalue weighted by atomic mass is 10.2. The standard InChI is InChI=1S/C19H28N4O2.HI/c1-4-20-19(22-14-15(2)18(24)25-3)21-11-7-12-23-13-10-16-8-5-6-9-17(16)23;/h5-6,8-10,13,15H,4,7,11-12,14H2,1-3H3,(H2,20,21,22);1H. The Balaban J connectivity index is 0.00000338. The van der Waals surface area contributed by atoms with Gasteiger partial charge in [-0.25, -0.2) is 0 Å². The van der Waals surface area contributed by atoms with Crippen LogP contribution in [0.3, 0.4) is 0 Å². The van der Waals surface area contributed by atoms with Crippen LogP contribution in [0, 0.1) is 5.92 Å². The molecule has 7 heteroatoms. The number of aryl methyl sites for hydroxylation is 1. The largest absolute Gasteiger partial charge is 0.469 e. The number of carbonyl (C=O) groups is 1. The lowest BCUT2D eigenvalue weighted by molar-refractivity contribution is -0.144. The number of aromatic nitrogens is 1. The molecule has 2 rings (SSSR count). The number of guanidine groups is 1. The summed E-state index contributed by atoms with van der Waals surface area (Å²) >= 11 is 0. The molecular formula is C19H29IN4O2. The minimum Gasteiger partial charge on any atom is -0.469 e. The number of nitrogens with one attached hydrogen (secondary N) is 2. The fourth-order valence-electron chi connectivity index (χ4n) is 2.64. The Labute approximate surface area is 172 Å². The molecule has 0 amide bonds. The van der Waals surface area contributed by atoms with E-state index in [2.05, 4.69) is 56.7 Å². The number of hydrogen-bond acceptors (Lipinski definition) is 3. The van der Waals surface area contributed by atoms with Crippen molar-refractivity contribution < 1.29 is 9.53 Å². The predicted octanol–water partition coefficient (Wildman–Crippen LogP) is 3.01. The van der Waals surface area contributed by atoms with Crippen molar-refractivity contribution in [3.8, 4) is 0 Å². The van der Waals surface area contributed by atoms with Crippen molar-refractivity contribution in [1.82, 2.24) is 15.2 Å². The van der Waals surface area contributed by atoms with Crippen LogP contribution in [0.4, 0.5) is 0 Å². The zero-order chi connectivity index (χ0) is 18.1. The Kier molecular flexibility index (Phi) is 10.1. The fraction of sp³-hybridized carbons (Fsp3) is 0.474. The fourth-order valence-corrected chi connectivity index (χ4v) is 2.64. The summed E-state index contributed by atoms with van der Waals surface area (Å²) in [6.45, 7) is 6.78. The molecule has 6 nitrogen and oxygen atoms in total. The smallest absolute Gasteiger partial charge is 0.310 e. The van der Waals surface area contributed by atoms with Crippen LogP contribution in [0.5, 0.6) is 0 Å². The molecule has 0 radical (unpaired) electrons. The number of benzene rings is 1. The first-order valence-electron chi connectivity index (χ1n) is 8.79. The van der Waals surface area contributed by atoms with Gasteiger partial charge in [-0.05, 0) is 30.9 Å². The third-order valence-corrected chi connectivity index (χ3v) is 4.02. The van der Waals surface area contributed by atoms with E-state index in [4.69, 9.17) is 4.74 Å². The summed E-state index contributed by atoms with van der Waals surface area (Å²) in [6.07, 6.45) is 3.11. The molecule has 2 N–H and O–H groups in total. The van der Waals surface area contributed by atoms with Crippen LogP contribution in [-0.4, -0.2) is 43.2 Å². The number of halogens is 1. The Morgan fingerprint density at radius 1 is 1.27 bits per heavy atom. The highest BCUT2D eigenvalue weighted by molar-refractivity contribution is 14.0. The van der Waals surface area contributed by atoms with Crippen molar-refractivity contribution in [3.63, 3.8) is 0 Å². The molecule has 0 aliphatic rings. The van der Waals surface area contributed by atoms with Crippen molar-refractivity contribution in [2.75, 3.05) is 26.7 Å². The van der Waals surface area contributed by atoms with E-state index < -0.39 is 0 Å². The summed E-state index contributed by atoms with van der Waals surface area (Å²) in [5, 5.41) is 7.78. The zero-order valence-corrected chi connectivity index (χ0v) is 18.0. The van der Waals surface area contributed by atoms with Crippen LogP contribution in [0.25, 0.3) is 10.9 Å². The lowest BCUT2D eigenvalue weighted by Gasteiger charge is -2.13. The first-order valence-corrected chi connectivity index (χ1v) is 8.79. The number of aliphatic imine (C=N–C) groups is 1. The van der Waals surface area contributed by atoms with Gasteiger partial charge in [0, 0.05) is 31.3 Å². The van der Waals surface area contributed by atoms with E-state index in [1.54, 1.807) is 0 Å². The van der Waals surface area contributed by atoms with E-state index in [1.807, 2.05) is 13.8 Å². The molecule has 1 heterocycles. The van der Waals surface area contributed by atoms with E-state index in [-0.39, 0.29) is 35.9 Å². The molecule has 0 aliphatic heterocycles.